The first-order chi connectivity index (χ1) is 20.9. The van der Waals surface area contributed by atoms with Gasteiger partial charge in [0, 0.05) is 24.7 Å². The van der Waals surface area contributed by atoms with Gasteiger partial charge in [-0.3, -0.25) is 9.78 Å². The Morgan fingerprint density at radius 3 is 2.39 bits per heavy atom. The topological polar surface area (TPSA) is 87.2 Å². The van der Waals surface area contributed by atoms with Crippen LogP contribution in [0.2, 0.25) is 0 Å². The third-order valence-electron chi connectivity index (χ3n) is 6.79. The molecule has 4 aromatic rings. The molecule has 0 bridgehead atoms. The third-order valence-corrected chi connectivity index (χ3v) is 8.28. The Morgan fingerprint density at radius 2 is 1.73 bits per heavy atom. The van der Waals surface area contributed by atoms with Crippen molar-refractivity contribution in [1.29, 1.82) is 0 Å². The summed E-state index contributed by atoms with van der Waals surface area (Å²) < 4.78 is 95.4. The number of aromatic nitrogens is 2. The van der Waals surface area contributed by atoms with Crippen molar-refractivity contribution in [2.45, 2.75) is 42.5 Å². The van der Waals surface area contributed by atoms with Crippen LogP contribution in [0.15, 0.2) is 90.0 Å². The smallest absolute Gasteiger partial charge is 0.364 e. The van der Waals surface area contributed by atoms with E-state index in [-0.39, 0.29) is 18.0 Å². The zero-order valence-electron chi connectivity index (χ0n) is 22.8. The molecule has 7 nitrogen and oxygen atoms in total. The summed E-state index contributed by atoms with van der Waals surface area (Å²) in [6.45, 7) is -0.798. The molecular weight excluding hydrogens is 608 g/mol. The molecule has 2 atom stereocenters. The molecule has 44 heavy (non-hydrogen) atoms. The average Bonchev–Trinajstić information content (AvgIpc) is 3.34. The summed E-state index contributed by atoms with van der Waals surface area (Å²) in [6, 6.07) is 16.0. The summed E-state index contributed by atoms with van der Waals surface area (Å²) in [5.74, 6) is -4.34. The van der Waals surface area contributed by atoms with Crippen LogP contribution in [-0.4, -0.2) is 42.9 Å². The van der Waals surface area contributed by atoms with Gasteiger partial charge in [0.25, 0.3) is 5.92 Å². The van der Waals surface area contributed by atoms with Crippen molar-refractivity contribution >= 4 is 22.7 Å². The highest BCUT2D eigenvalue weighted by molar-refractivity contribution is 7.82. The van der Waals surface area contributed by atoms with E-state index < -0.39 is 59.4 Å². The van der Waals surface area contributed by atoms with Crippen LogP contribution in [0.25, 0.3) is 11.3 Å². The number of carbonyl (C=O) groups excluding carboxylic acids is 1. The molecule has 1 fully saturated rings. The van der Waals surface area contributed by atoms with Crippen LogP contribution in [0.3, 0.4) is 0 Å². The van der Waals surface area contributed by atoms with Crippen molar-refractivity contribution in [1.82, 2.24) is 19.6 Å². The average molecular weight is 634 g/mol. The minimum atomic E-state index is -4.52. The fourth-order valence-electron chi connectivity index (χ4n) is 4.62. The standard InChI is InChI=1S/C30H25F6N5O2S/c31-22-8-10-24(11-9-22)44(43)41-18-29(32,33)15-26(41)28(42)39-16-19-13-25(20-4-6-21(7-5-20)30(34,35)36)40-27(14-19)38-17-23-3-1-2-12-37-23/h1-14,26H,15-18H2,(H,38,40)(H,39,42)/t26-,44?/m0/s1. The number of anilines is 1. The summed E-state index contributed by atoms with van der Waals surface area (Å²) in [7, 11) is -2.15. The number of nitrogens with one attached hydrogen (secondary N) is 2. The van der Waals surface area contributed by atoms with Crippen LogP contribution in [0.5, 0.6) is 0 Å². The van der Waals surface area contributed by atoms with Gasteiger partial charge in [0.1, 0.15) is 28.7 Å². The maximum Gasteiger partial charge on any atom is 0.416 e. The minimum Gasteiger partial charge on any atom is -0.364 e. The zero-order chi connectivity index (χ0) is 31.5. The van der Waals surface area contributed by atoms with E-state index in [1.165, 1.54) is 24.3 Å². The molecule has 2 N–H and O–H groups in total. The Bertz CT molecular complexity index is 1640. The highest BCUT2D eigenvalue weighted by Gasteiger charge is 2.50. The van der Waals surface area contributed by atoms with Gasteiger partial charge in [0.05, 0.1) is 34.9 Å². The maximum atomic E-state index is 14.4. The molecule has 1 aliphatic rings. The number of carbonyl (C=O) groups is 1. The normalized spacial score (nSPS) is 17.3. The van der Waals surface area contributed by atoms with Crippen molar-refractivity contribution in [3.8, 4) is 11.3 Å². The molecule has 0 aliphatic carbocycles. The highest BCUT2D eigenvalue weighted by Crippen LogP contribution is 2.35. The second-order valence-electron chi connectivity index (χ2n) is 10.1. The van der Waals surface area contributed by atoms with Gasteiger partial charge in [-0.15, -0.1) is 0 Å². The predicted molar refractivity (Wildman–Crippen MR) is 151 cm³/mol. The van der Waals surface area contributed by atoms with E-state index in [9.17, 15) is 35.3 Å². The molecule has 14 heteroatoms. The third kappa shape index (κ3) is 7.61. The first-order valence-corrected chi connectivity index (χ1v) is 14.4. The number of halogens is 6. The number of amides is 1. The number of nitrogens with zero attached hydrogens (tertiary/aromatic N) is 3. The molecule has 5 rings (SSSR count). The monoisotopic (exact) mass is 633 g/mol. The van der Waals surface area contributed by atoms with Crippen LogP contribution in [-0.2, 0) is 35.0 Å². The molecule has 0 spiro atoms. The lowest BCUT2D eigenvalue weighted by Gasteiger charge is -2.22. The second kappa shape index (κ2) is 12.7. The Balaban J connectivity index is 1.36. The van der Waals surface area contributed by atoms with Gasteiger partial charge in [-0.2, -0.15) is 13.2 Å². The lowest BCUT2D eigenvalue weighted by Crippen LogP contribution is -2.43. The summed E-state index contributed by atoms with van der Waals surface area (Å²) in [6.07, 6.45) is -3.77. The molecule has 1 saturated heterocycles. The second-order valence-corrected chi connectivity index (χ2v) is 11.5. The molecule has 1 aliphatic heterocycles. The van der Waals surface area contributed by atoms with Crippen molar-refractivity contribution in [3.05, 3.63) is 108 Å². The van der Waals surface area contributed by atoms with E-state index in [1.807, 2.05) is 0 Å². The van der Waals surface area contributed by atoms with Crippen LogP contribution in [0.1, 0.15) is 23.2 Å². The van der Waals surface area contributed by atoms with E-state index in [4.69, 9.17) is 0 Å². The predicted octanol–water partition coefficient (Wildman–Crippen LogP) is 5.96. The number of alkyl halides is 5. The van der Waals surface area contributed by atoms with Crippen LogP contribution < -0.4 is 10.6 Å². The van der Waals surface area contributed by atoms with Gasteiger partial charge in [-0.05, 0) is 66.2 Å². The molecule has 2 aromatic carbocycles. The van der Waals surface area contributed by atoms with E-state index in [1.54, 1.807) is 36.5 Å². The summed E-state index contributed by atoms with van der Waals surface area (Å²) in [4.78, 5) is 22.0. The van der Waals surface area contributed by atoms with Gasteiger partial charge in [0.15, 0.2) is 0 Å². The van der Waals surface area contributed by atoms with Crippen LogP contribution >= 0.6 is 0 Å². The molecule has 230 valence electrons. The first-order valence-electron chi connectivity index (χ1n) is 13.3. The summed E-state index contributed by atoms with van der Waals surface area (Å²) in [5, 5.41) is 5.71. The number of benzene rings is 2. The Kier molecular flexibility index (Phi) is 9.02. The highest BCUT2D eigenvalue weighted by atomic mass is 32.2. The molecule has 1 amide bonds. The van der Waals surface area contributed by atoms with Gasteiger partial charge >= 0.3 is 6.18 Å². The first kappa shape index (κ1) is 31.1. The van der Waals surface area contributed by atoms with Crippen molar-refractivity contribution < 1.29 is 35.3 Å². The molecule has 1 unspecified atom stereocenters. The van der Waals surface area contributed by atoms with Crippen molar-refractivity contribution in [3.63, 3.8) is 0 Å². The van der Waals surface area contributed by atoms with Gasteiger partial charge < -0.3 is 10.6 Å². The maximum absolute atomic E-state index is 14.4. The summed E-state index contributed by atoms with van der Waals surface area (Å²) in [5.41, 5.74) is 1.03. The van der Waals surface area contributed by atoms with E-state index in [0.29, 0.717) is 28.3 Å². The number of hydrogen-bond donors (Lipinski definition) is 2. The largest absolute Gasteiger partial charge is 0.416 e. The quantitative estimate of drug-likeness (QED) is 0.222. The molecule has 3 heterocycles. The number of pyridine rings is 2. The zero-order valence-corrected chi connectivity index (χ0v) is 23.6. The summed E-state index contributed by atoms with van der Waals surface area (Å²) >= 11 is 0. The molecular formula is C30H25F6N5O2S. The van der Waals surface area contributed by atoms with E-state index in [0.717, 1.165) is 28.6 Å². The molecule has 0 saturated carbocycles. The van der Waals surface area contributed by atoms with Gasteiger partial charge in [0.2, 0.25) is 5.91 Å². The van der Waals surface area contributed by atoms with Crippen LogP contribution in [0.4, 0.5) is 32.2 Å². The lowest BCUT2D eigenvalue weighted by molar-refractivity contribution is -0.137. The lowest BCUT2D eigenvalue weighted by atomic mass is 10.1. The Labute approximate surface area is 250 Å². The number of hydrogen-bond acceptors (Lipinski definition) is 5. The van der Waals surface area contributed by atoms with Crippen LogP contribution in [0, 0.1) is 5.82 Å². The fourth-order valence-corrected chi connectivity index (χ4v) is 5.97. The minimum absolute atomic E-state index is 0.0702. The number of rotatable bonds is 9. The van der Waals surface area contributed by atoms with Crippen molar-refractivity contribution in [2.24, 2.45) is 0 Å². The Morgan fingerprint density at radius 1 is 1.00 bits per heavy atom. The van der Waals surface area contributed by atoms with E-state index >= 15 is 0 Å². The molecule has 0 radical (unpaired) electrons. The fraction of sp³-hybridized carbons (Fsp3) is 0.233. The SMILES string of the molecule is O=C(NCc1cc(NCc2ccccn2)nc(-c2ccc(C(F)(F)F)cc2)c1)[C@@H]1CC(F)(F)CN1S(=O)c1ccc(F)cc1. The van der Waals surface area contributed by atoms with Crippen molar-refractivity contribution in [2.75, 3.05) is 11.9 Å². The van der Waals surface area contributed by atoms with Gasteiger partial charge in [-0.1, -0.05) is 18.2 Å². The van der Waals surface area contributed by atoms with Gasteiger partial charge in [-0.25, -0.2) is 26.7 Å². The molecule has 2 aromatic heterocycles. The Hall–Kier alpha value is -4.30. The van der Waals surface area contributed by atoms with E-state index in [2.05, 4.69) is 20.6 Å².